The Morgan fingerprint density at radius 2 is 2.42 bits per heavy atom. The van der Waals surface area contributed by atoms with Gasteiger partial charge in [-0.3, -0.25) is 10.1 Å². The molecule has 1 radical (unpaired) electrons. The zero-order chi connectivity index (χ0) is 9.14. The first kappa shape index (κ1) is 8.99. The maximum absolute atomic E-state index is 10.9. The van der Waals surface area contributed by atoms with Crippen LogP contribution in [0.15, 0.2) is 0 Å². The number of ether oxygens (including phenoxy) is 1. The lowest BCUT2D eigenvalue weighted by atomic mass is 10.4. The highest BCUT2D eigenvalue weighted by atomic mass is 16.5. The van der Waals surface area contributed by atoms with Crippen molar-refractivity contribution in [3.8, 4) is 0 Å². The van der Waals surface area contributed by atoms with Crippen LogP contribution in [0.2, 0.25) is 0 Å². The van der Waals surface area contributed by atoms with Gasteiger partial charge in [0.2, 0.25) is 5.91 Å². The number of carbonyl (C=O) groups is 2. The van der Waals surface area contributed by atoms with Crippen molar-refractivity contribution in [1.82, 2.24) is 10.2 Å². The Hall–Kier alpha value is -1.10. The van der Waals surface area contributed by atoms with E-state index in [-0.39, 0.29) is 24.6 Å². The molecule has 12 heavy (non-hydrogen) atoms. The van der Waals surface area contributed by atoms with E-state index in [4.69, 9.17) is 4.74 Å². The Labute approximate surface area is 70.7 Å². The second-order valence-electron chi connectivity index (χ2n) is 2.59. The monoisotopic (exact) mass is 171 g/mol. The number of urea groups is 1. The molecule has 0 bridgehead atoms. The van der Waals surface area contributed by atoms with E-state index in [1.807, 2.05) is 0 Å². The van der Waals surface area contributed by atoms with Gasteiger partial charge in [-0.05, 0) is 6.92 Å². The normalized spacial score (nSPS) is 19.7. The van der Waals surface area contributed by atoms with E-state index in [0.29, 0.717) is 6.54 Å². The van der Waals surface area contributed by atoms with Gasteiger partial charge < -0.3 is 9.64 Å². The molecular weight excluding hydrogens is 160 g/mol. The van der Waals surface area contributed by atoms with E-state index in [1.54, 1.807) is 0 Å². The average Bonchev–Trinajstić information content (AvgIpc) is 2.30. The molecule has 1 aliphatic heterocycles. The highest BCUT2D eigenvalue weighted by molar-refractivity contribution is 6.01. The number of rotatable bonds is 3. The fraction of sp³-hybridized carbons (Fsp3) is 0.571. The van der Waals surface area contributed by atoms with Gasteiger partial charge in [-0.1, -0.05) is 0 Å². The zero-order valence-corrected chi connectivity index (χ0v) is 6.87. The summed E-state index contributed by atoms with van der Waals surface area (Å²) in [5.74, 6) is -0.275. The lowest BCUT2D eigenvalue weighted by Gasteiger charge is -2.16. The molecule has 0 saturated carbocycles. The first-order valence-electron chi connectivity index (χ1n) is 3.58. The summed E-state index contributed by atoms with van der Waals surface area (Å²) >= 11 is 0. The van der Waals surface area contributed by atoms with Crippen LogP contribution in [-0.4, -0.2) is 43.1 Å². The summed E-state index contributed by atoms with van der Waals surface area (Å²) in [5.41, 5.74) is 0. The lowest BCUT2D eigenvalue weighted by molar-refractivity contribution is -0.118. The number of hydrogen-bond acceptors (Lipinski definition) is 3. The first-order valence-corrected chi connectivity index (χ1v) is 3.58. The standard InChI is InChI=1S/C7H11N2O3/c1-5(12-2)3-9-4-6(10)8-7(9)11/h5H,1,3-4H2,2H3,(H,8,10,11). The Morgan fingerprint density at radius 3 is 2.83 bits per heavy atom. The van der Waals surface area contributed by atoms with Crippen molar-refractivity contribution in [2.75, 3.05) is 20.2 Å². The van der Waals surface area contributed by atoms with Crippen LogP contribution in [0, 0.1) is 6.92 Å². The predicted octanol–water partition coefficient (Wildman–Crippen LogP) is -0.613. The topological polar surface area (TPSA) is 58.6 Å². The minimum atomic E-state index is -0.370. The molecule has 0 spiro atoms. The molecule has 1 fully saturated rings. The van der Waals surface area contributed by atoms with Crippen LogP contribution < -0.4 is 5.32 Å². The summed E-state index contributed by atoms with van der Waals surface area (Å²) in [4.78, 5) is 23.0. The third-order valence-corrected chi connectivity index (χ3v) is 1.63. The van der Waals surface area contributed by atoms with Gasteiger partial charge in [0.1, 0.15) is 6.54 Å². The number of hydrogen-bond donors (Lipinski definition) is 1. The Kier molecular flexibility index (Phi) is 2.65. The van der Waals surface area contributed by atoms with Gasteiger partial charge in [-0.15, -0.1) is 0 Å². The molecule has 5 nitrogen and oxygen atoms in total. The van der Waals surface area contributed by atoms with Crippen LogP contribution in [0.5, 0.6) is 0 Å². The highest BCUT2D eigenvalue weighted by Crippen LogP contribution is 2.00. The van der Waals surface area contributed by atoms with Crippen LogP contribution in [0.4, 0.5) is 4.79 Å². The van der Waals surface area contributed by atoms with E-state index in [9.17, 15) is 9.59 Å². The predicted molar refractivity (Wildman–Crippen MR) is 41.3 cm³/mol. The Morgan fingerprint density at radius 1 is 1.75 bits per heavy atom. The zero-order valence-electron chi connectivity index (χ0n) is 6.87. The smallest absolute Gasteiger partial charge is 0.324 e. The number of nitrogens with one attached hydrogen (secondary N) is 1. The number of amides is 3. The summed E-state index contributed by atoms with van der Waals surface area (Å²) in [6.07, 6.45) is -0.290. The molecule has 1 N–H and O–H groups in total. The average molecular weight is 171 g/mol. The summed E-state index contributed by atoms with van der Waals surface area (Å²) < 4.78 is 4.85. The van der Waals surface area contributed by atoms with Crippen molar-refractivity contribution in [2.24, 2.45) is 0 Å². The molecule has 0 aromatic carbocycles. The second kappa shape index (κ2) is 3.53. The quantitative estimate of drug-likeness (QED) is 0.576. The third-order valence-electron chi connectivity index (χ3n) is 1.63. The maximum atomic E-state index is 10.9. The van der Waals surface area contributed by atoms with Gasteiger partial charge in [0.15, 0.2) is 0 Å². The van der Waals surface area contributed by atoms with E-state index in [0.717, 1.165) is 0 Å². The largest absolute Gasteiger partial charge is 0.380 e. The summed E-state index contributed by atoms with van der Waals surface area (Å²) in [5, 5.41) is 2.16. The van der Waals surface area contributed by atoms with Gasteiger partial charge in [0.05, 0.1) is 6.10 Å². The van der Waals surface area contributed by atoms with Gasteiger partial charge in [-0.2, -0.15) is 0 Å². The number of nitrogens with zero attached hydrogens (tertiary/aromatic N) is 1. The fourth-order valence-corrected chi connectivity index (χ4v) is 0.951. The van der Waals surface area contributed by atoms with Crippen LogP contribution in [0.1, 0.15) is 0 Å². The van der Waals surface area contributed by atoms with E-state index >= 15 is 0 Å². The van der Waals surface area contributed by atoms with Gasteiger partial charge >= 0.3 is 6.03 Å². The van der Waals surface area contributed by atoms with Gasteiger partial charge in [0.25, 0.3) is 0 Å². The van der Waals surface area contributed by atoms with Crippen molar-refractivity contribution in [2.45, 2.75) is 6.10 Å². The van der Waals surface area contributed by atoms with Crippen molar-refractivity contribution in [3.05, 3.63) is 6.92 Å². The summed E-state index contributed by atoms with van der Waals surface area (Å²) in [7, 11) is 1.51. The van der Waals surface area contributed by atoms with Crippen molar-refractivity contribution >= 4 is 11.9 Å². The second-order valence-corrected chi connectivity index (χ2v) is 2.59. The third kappa shape index (κ3) is 1.94. The highest BCUT2D eigenvalue weighted by Gasteiger charge is 2.27. The molecule has 1 aliphatic rings. The molecular formula is C7H11N2O3. The molecule has 1 rings (SSSR count). The van der Waals surface area contributed by atoms with Crippen LogP contribution in [0.3, 0.4) is 0 Å². The minimum Gasteiger partial charge on any atom is -0.380 e. The molecule has 1 atom stereocenters. The SMILES string of the molecule is [CH2]C(CN1CC(=O)NC1=O)OC. The summed E-state index contributed by atoms with van der Waals surface area (Å²) in [6, 6.07) is -0.370. The number of methoxy groups -OCH3 is 1. The first-order chi connectivity index (χ1) is 5.63. The fourth-order valence-electron chi connectivity index (χ4n) is 0.951. The van der Waals surface area contributed by atoms with Crippen molar-refractivity contribution in [1.29, 1.82) is 0 Å². The van der Waals surface area contributed by atoms with E-state index in [2.05, 4.69) is 12.2 Å². The number of imide groups is 1. The molecule has 0 aromatic rings. The van der Waals surface area contributed by atoms with Crippen LogP contribution in [-0.2, 0) is 9.53 Å². The van der Waals surface area contributed by atoms with E-state index in [1.165, 1.54) is 12.0 Å². The molecule has 1 heterocycles. The lowest BCUT2D eigenvalue weighted by Crippen LogP contribution is -2.34. The van der Waals surface area contributed by atoms with Gasteiger partial charge in [-0.25, -0.2) is 4.79 Å². The molecule has 1 unspecified atom stereocenters. The summed E-state index contributed by atoms with van der Waals surface area (Å²) in [6.45, 7) is 4.07. The van der Waals surface area contributed by atoms with Crippen molar-refractivity contribution in [3.63, 3.8) is 0 Å². The molecule has 3 amide bonds. The maximum Gasteiger partial charge on any atom is 0.324 e. The minimum absolute atomic E-state index is 0.105. The molecule has 67 valence electrons. The van der Waals surface area contributed by atoms with Crippen LogP contribution >= 0.6 is 0 Å². The number of carbonyl (C=O) groups excluding carboxylic acids is 2. The Bertz CT molecular complexity index is 205. The van der Waals surface area contributed by atoms with Crippen LogP contribution in [0.25, 0.3) is 0 Å². The van der Waals surface area contributed by atoms with Gasteiger partial charge in [0, 0.05) is 13.7 Å². The van der Waals surface area contributed by atoms with E-state index < -0.39 is 0 Å². The van der Waals surface area contributed by atoms with Crippen molar-refractivity contribution < 1.29 is 14.3 Å². The molecule has 1 saturated heterocycles. The molecule has 0 aliphatic carbocycles. The molecule has 0 aromatic heterocycles. The molecule has 5 heteroatoms. The Balaban J connectivity index is 2.43.